The van der Waals surface area contributed by atoms with Crippen molar-refractivity contribution in [1.29, 1.82) is 0 Å². The molecule has 4 heterocycles. The maximum atomic E-state index is 14.6. The van der Waals surface area contributed by atoms with Crippen molar-refractivity contribution in [3.63, 3.8) is 0 Å². The molecule has 11 nitrogen and oxygen atoms in total. The fourth-order valence-electron chi connectivity index (χ4n) is 5.22. The summed E-state index contributed by atoms with van der Waals surface area (Å²) in [6.45, 7) is -0.0647. The average molecular weight is 645 g/mol. The maximum Gasteiger partial charge on any atom is 0.229 e. The van der Waals surface area contributed by atoms with E-state index < -0.39 is 15.8 Å². The van der Waals surface area contributed by atoms with Crippen molar-refractivity contribution in [3.8, 4) is 33.9 Å². The van der Waals surface area contributed by atoms with E-state index >= 15 is 0 Å². The smallest absolute Gasteiger partial charge is 0.229 e. The number of anilines is 1. The van der Waals surface area contributed by atoms with Crippen LogP contribution in [0.2, 0.25) is 0 Å². The lowest BCUT2D eigenvalue weighted by atomic mass is 10.0. The number of nitrogens with one attached hydrogen (secondary N) is 4. The second kappa shape index (κ2) is 12.1. The minimum absolute atomic E-state index is 0.0647. The summed E-state index contributed by atoms with van der Waals surface area (Å²) in [5.41, 5.74) is 7.02. The zero-order valence-electron chi connectivity index (χ0n) is 24.8. The molecule has 7 aromatic rings. The molecule has 0 unspecified atom stereocenters. The Morgan fingerprint density at radius 1 is 0.936 bits per heavy atom. The van der Waals surface area contributed by atoms with Crippen LogP contribution >= 0.6 is 0 Å². The molecule has 0 spiro atoms. The Morgan fingerprint density at radius 2 is 1.79 bits per heavy atom. The Labute approximate surface area is 268 Å². The first kappa shape index (κ1) is 29.7. The van der Waals surface area contributed by atoms with Crippen LogP contribution in [0, 0.1) is 17.9 Å². The van der Waals surface area contributed by atoms with Gasteiger partial charge in [0.15, 0.2) is 11.5 Å². The molecule has 0 bridgehead atoms. The van der Waals surface area contributed by atoms with E-state index in [0.29, 0.717) is 61.7 Å². The highest BCUT2D eigenvalue weighted by Crippen LogP contribution is 2.32. The lowest BCUT2D eigenvalue weighted by Gasteiger charge is -2.07. The molecular formula is C34H25FN8O3S. The molecule has 0 aliphatic heterocycles. The fraction of sp³-hybridized carbons (Fsp3) is 0.0882. The predicted molar refractivity (Wildman–Crippen MR) is 176 cm³/mol. The topological polar surface area (TPSA) is 158 Å². The molecule has 1 amide bonds. The largest absolute Gasteiger partial charge is 0.335 e. The normalized spacial score (nSPS) is 11.5. The van der Waals surface area contributed by atoms with Gasteiger partial charge < -0.3 is 10.3 Å². The summed E-state index contributed by atoms with van der Waals surface area (Å²) >= 11 is 0. The van der Waals surface area contributed by atoms with E-state index in [9.17, 15) is 17.6 Å². The van der Waals surface area contributed by atoms with Crippen molar-refractivity contribution in [2.45, 2.75) is 13.0 Å². The van der Waals surface area contributed by atoms with Crippen LogP contribution in [0.3, 0.4) is 0 Å². The van der Waals surface area contributed by atoms with Gasteiger partial charge in [-0.05, 0) is 65.2 Å². The number of hydrogen-bond acceptors (Lipinski definition) is 7. The number of rotatable bonds is 9. The van der Waals surface area contributed by atoms with E-state index in [1.165, 1.54) is 12.1 Å². The number of hydrogen-bond donors (Lipinski definition) is 4. The number of nitrogens with zero attached hydrogens (tertiary/aromatic N) is 4. The summed E-state index contributed by atoms with van der Waals surface area (Å²) in [4.78, 5) is 29.8. The van der Waals surface area contributed by atoms with Gasteiger partial charge in [0, 0.05) is 23.9 Å². The lowest BCUT2D eigenvalue weighted by Crippen LogP contribution is -2.21. The molecule has 0 aliphatic rings. The van der Waals surface area contributed by atoms with Crippen LogP contribution in [0.15, 0.2) is 85.2 Å². The summed E-state index contributed by atoms with van der Waals surface area (Å²) in [6.07, 6.45) is 4.46. The van der Waals surface area contributed by atoms with E-state index in [4.69, 9.17) is 9.97 Å². The van der Waals surface area contributed by atoms with Gasteiger partial charge in [0.25, 0.3) is 0 Å². The number of sulfonamides is 1. The SMILES string of the molecule is CS(=O)(=O)NCc1cc(F)cc(-c2cncc3[nH]c(-c4n[nH]c5ccc(-c6cc#cc(NC(=O)Cc7ccccc7)c6)nc45)nc23)c1. The van der Waals surface area contributed by atoms with Crippen molar-refractivity contribution in [1.82, 2.24) is 34.9 Å². The molecule has 4 N–H and O–H groups in total. The van der Waals surface area contributed by atoms with Gasteiger partial charge in [0.1, 0.15) is 11.3 Å². The molecule has 0 saturated heterocycles. The van der Waals surface area contributed by atoms with Gasteiger partial charge in [-0.1, -0.05) is 36.4 Å². The molecule has 7 rings (SSSR count). The van der Waals surface area contributed by atoms with Gasteiger partial charge in [0.2, 0.25) is 15.9 Å². The maximum absolute atomic E-state index is 14.6. The van der Waals surface area contributed by atoms with Gasteiger partial charge in [0.05, 0.1) is 46.8 Å². The number of aromatic nitrogens is 6. The van der Waals surface area contributed by atoms with Gasteiger partial charge in [-0.2, -0.15) is 5.10 Å². The van der Waals surface area contributed by atoms with E-state index in [1.54, 1.807) is 30.6 Å². The molecule has 13 heteroatoms. The molecule has 0 aliphatic carbocycles. The number of H-pyrrole nitrogens is 2. The number of aromatic amines is 2. The summed E-state index contributed by atoms with van der Waals surface area (Å²) in [6, 6.07) is 26.9. The average Bonchev–Trinajstić information content (AvgIpc) is 3.68. The monoisotopic (exact) mass is 644 g/mol. The quantitative estimate of drug-likeness (QED) is 0.168. The third-order valence-electron chi connectivity index (χ3n) is 7.34. The first-order chi connectivity index (χ1) is 22.7. The molecular weight excluding hydrogens is 619 g/mol. The third kappa shape index (κ3) is 6.55. The number of pyridine rings is 2. The Hall–Kier alpha value is -5.97. The molecule has 0 saturated carbocycles. The minimum atomic E-state index is -3.46. The van der Waals surface area contributed by atoms with Crippen molar-refractivity contribution in [2.24, 2.45) is 0 Å². The molecule has 232 valence electrons. The zero-order valence-corrected chi connectivity index (χ0v) is 25.6. The highest BCUT2D eigenvalue weighted by Gasteiger charge is 2.18. The predicted octanol–water partition coefficient (Wildman–Crippen LogP) is 5.20. The summed E-state index contributed by atoms with van der Waals surface area (Å²) in [7, 11) is -3.46. The molecule has 0 fully saturated rings. The molecule has 4 aromatic heterocycles. The number of benzene rings is 2. The number of imidazole rings is 1. The summed E-state index contributed by atoms with van der Waals surface area (Å²) in [5, 5.41) is 10.3. The van der Waals surface area contributed by atoms with Gasteiger partial charge >= 0.3 is 0 Å². The van der Waals surface area contributed by atoms with E-state index in [2.05, 4.69) is 42.3 Å². The minimum Gasteiger partial charge on any atom is -0.335 e. The first-order valence-corrected chi connectivity index (χ1v) is 16.3. The van der Waals surface area contributed by atoms with Crippen LogP contribution in [0.1, 0.15) is 11.1 Å². The number of halogens is 1. The van der Waals surface area contributed by atoms with Crippen molar-refractivity contribution in [3.05, 3.63) is 114 Å². The van der Waals surface area contributed by atoms with Crippen LogP contribution in [0.25, 0.3) is 56.0 Å². The Balaban J connectivity index is 1.20. The van der Waals surface area contributed by atoms with Crippen LogP contribution in [-0.2, 0) is 27.8 Å². The highest BCUT2D eigenvalue weighted by molar-refractivity contribution is 7.88. The number of carbonyl (C=O) groups excluding carboxylic acids is 1. The number of amides is 1. The Kier molecular flexibility index (Phi) is 7.64. The van der Waals surface area contributed by atoms with Gasteiger partial charge in [-0.15, -0.1) is 0 Å². The fourth-order valence-corrected chi connectivity index (χ4v) is 5.65. The van der Waals surface area contributed by atoms with Crippen molar-refractivity contribution < 1.29 is 17.6 Å². The molecule has 0 atom stereocenters. The van der Waals surface area contributed by atoms with Crippen LogP contribution < -0.4 is 10.0 Å². The van der Waals surface area contributed by atoms with E-state index in [0.717, 1.165) is 17.4 Å². The second-order valence-corrected chi connectivity index (χ2v) is 12.7. The third-order valence-corrected chi connectivity index (χ3v) is 8.01. The standard InChI is InChI=1S/C34H25FN8O3S/c1-47(45,46)37-17-21-12-23(15-24(35)13-21)26-18-36-19-29-31(26)41-34(40-29)33-32-28(42-43-33)11-10-27(39-32)22-8-5-9-25(16-22)38-30(44)14-20-6-3-2-4-7-20/h2-4,6-8,10-13,15-16,18-19,37H,14,17H2,1H3,(H,38,44)(H,40,41)(H,42,43). The second-order valence-electron chi connectivity index (χ2n) is 10.9. The van der Waals surface area contributed by atoms with Crippen molar-refractivity contribution >= 4 is 43.7 Å². The number of fused-ring (bicyclic) bond motifs is 2. The molecule has 47 heavy (non-hydrogen) atoms. The van der Waals surface area contributed by atoms with Crippen LogP contribution in [-0.4, -0.2) is 50.7 Å². The lowest BCUT2D eigenvalue weighted by molar-refractivity contribution is -0.115. The van der Waals surface area contributed by atoms with Gasteiger partial charge in [-0.25, -0.2) is 27.5 Å². The Morgan fingerprint density at radius 3 is 2.62 bits per heavy atom. The zero-order chi connectivity index (χ0) is 32.5. The highest BCUT2D eigenvalue weighted by atomic mass is 32.2. The Bertz CT molecular complexity index is 2390. The van der Waals surface area contributed by atoms with Gasteiger partial charge in [-0.3, -0.25) is 14.9 Å². The summed E-state index contributed by atoms with van der Waals surface area (Å²) < 4.78 is 40.2. The summed E-state index contributed by atoms with van der Waals surface area (Å²) in [5.74, 6) is -0.273. The molecule has 3 aromatic carbocycles. The van der Waals surface area contributed by atoms with Crippen molar-refractivity contribution in [2.75, 3.05) is 11.6 Å². The first-order valence-electron chi connectivity index (χ1n) is 14.4. The molecule has 0 radical (unpaired) electrons. The van der Waals surface area contributed by atoms with E-state index in [-0.39, 0.29) is 18.9 Å². The number of carbonyl (C=O) groups is 1. The van der Waals surface area contributed by atoms with E-state index in [1.807, 2.05) is 42.5 Å². The van der Waals surface area contributed by atoms with Crippen LogP contribution in [0.4, 0.5) is 10.1 Å². The van der Waals surface area contributed by atoms with Crippen LogP contribution in [0.5, 0.6) is 0 Å².